The molecule has 3 aliphatic rings. The predicted octanol–water partition coefficient (Wildman–Crippen LogP) is 2.93. The zero-order chi connectivity index (χ0) is 20.6. The Hall–Kier alpha value is -2.67. The van der Waals surface area contributed by atoms with Crippen LogP contribution in [0.25, 0.3) is 0 Å². The number of ether oxygens (including phenoxy) is 3. The number of rotatable bonds is 4. The van der Waals surface area contributed by atoms with Crippen molar-refractivity contribution in [1.29, 1.82) is 0 Å². The van der Waals surface area contributed by atoms with Crippen LogP contribution in [-0.4, -0.2) is 53.8 Å². The summed E-state index contributed by atoms with van der Waals surface area (Å²) in [6.45, 7) is 2.39. The van der Waals surface area contributed by atoms with E-state index in [0.29, 0.717) is 39.0 Å². The molecule has 1 spiro atoms. The number of carbonyl (C=O) groups excluding carboxylic acids is 1. The molecule has 0 aliphatic carbocycles. The van der Waals surface area contributed by atoms with Crippen molar-refractivity contribution in [3.63, 3.8) is 0 Å². The summed E-state index contributed by atoms with van der Waals surface area (Å²) >= 11 is 0. The number of fused-ring (bicyclic) bond motifs is 1. The van der Waals surface area contributed by atoms with Gasteiger partial charge in [-0.1, -0.05) is 12.1 Å². The van der Waals surface area contributed by atoms with Crippen LogP contribution in [0.15, 0.2) is 36.5 Å². The summed E-state index contributed by atoms with van der Waals surface area (Å²) in [5.41, 5.74) is 1.80. The van der Waals surface area contributed by atoms with E-state index in [2.05, 4.69) is 11.1 Å². The van der Waals surface area contributed by atoms with E-state index in [-0.39, 0.29) is 17.9 Å². The summed E-state index contributed by atoms with van der Waals surface area (Å²) in [5, 5.41) is 0. The zero-order valence-corrected chi connectivity index (χ0v) is 16.8. The Morgan fingerprint density at radius 3 is 3.07 bits per heavy atom. The van der Waals surface area contributed by atoms with E-state index < -0.39 is 11.4 Å². The minimum Gasteiger partial charge on any atom is -0.493 e. The molecule has 1 amide bonds. The Bertz CT molecular complexity index is 945. The van der Waals surface area contributed by atoms with Crippen molar-refractivity contribution in [3.8, 4) is 11.6 Å². The molecule has 2 fully saturated rings. The highest BCUT2D eigenvalue weighted by molar-refractivity contribution is 5.80. The molecule has 2 saturated heterocycles. The number of likely N-dealkylation sites (tertiary alicyclic amines) is 1. The highest BCUT2D eigenvalue weighted by Crippen LogP contribution is 2.36. The van der Waals surface area contributed by atoms with Gasteiger partial charge in [0, 0.05) is 19.0 Å². The van der Waals surface area contributed by atoms with Crippen LogP contribution in [0.1, 0.15) is 30.4 Å². The van der Waals surface area contributed by atoms with Crippen molar-refractivity contribution in [1.82, 2.24) is 9.88 Å². The number of aryl methyl sites for hydroxylation is 1. The Morgan fingerprint density at radius 2 is 2.20 bits per heavy atom. The van der Waals surface area contributed by atoms with Crippen molar-refractivity contribution in [2.75, 3.05) is 26.3 Å². The molecule has 6 nitrogen and oxygen atoms in total. The summed E-state index contributed by atoms with van der Waals surface area (Å²) in [6, 6.07) is 8.91. The summed E-state index contributed by atoms with van der Waals surface area (Å²) in [7, 11) is 0. The Kier molecular flexibility index (Phi) is 5.06. The van der Waals surface area contributed by atoms with E-state index in [1.807, 2.05) is 17.0 Å². The number of nitrogens with zero attached hydrogens (tertiary/aromatic N) is 2. The summed E-state index contributed by atoms with van der Waals surface area (Å²) < 4.78 is 31.3. The van der Waals surface area contributed by atoms with Gasteiger partial charge in [0.2, 0.25) is 5.91 Å². The second kappa shape index (κ2) is 7.87. The molecule has 1 atom stereocenters. The summed E-state index contributed by atoms with van der Waals surface area (Å²) in [6.07, 6.45) is 5.05. The van der Waals surface area contributed by atoms with Crippen LogP contribution in [0.2, 0.25) is 0 Å². The van der Waals surface area contributed by atoms with Gasteiger partial charge in [0.1, 0.15) is 17.5 Å². The van der Waals surface area contributed by atoms with Gasteiger partial charge in [0.25, 0.3) is 5.88 Å². The molecule has 0 bridgehead atoms. The molecule has 1 aromatic carbocycles. The van der Waals surface area contributed by atoms with Crippen LogP contribution in [0.5, 0.6) is 11.6 Å². The van der Waals surface area contributed by atoms with Crippen molar-refractivity contribution in [2.24, 2.45) is 0 Å². The lowest BCUT2D eigenvalue weighted by Crippen LogP contribution is -2.67. The number of halogens is 1. The van der Waals surface area contributed by atoms with E-state index >= 15 is 0 Å². The van der Waals surface area contributed by atoms with Crippen LogP contribution in [0, 0.1) is 5.82 Å². The average molecular weight is 412 g/mol. The highest BCUT2D eigenvalue weighted by Gasteiger charge is 2.49. The largest absolute Gasteiger partial charge is 0.493 e. The van der Waals surface area contributed by atoms with Crippen molar-refractivity contribution in [2.45, 2.75) is 43.8 Å². The Labute approximate surface area is 174 Å². The Morgan fingerprint density at radius 1 is 1.30 bits per heavy atom. The maximum atomic E-state index is 13.8. The van der Waals surface area contributed by atoms with E-state index in [1.165, 1.54) is 17.8 Å². The molecule has 0 radical (unpaired) electrons. The lowest BCUT2D eigenvalue weighted by atomic mass is 9.84. The number of hydrogen-bond donors (Lipinski definition) is 0. The van der Waals surface area contributed by atoms with Gasteiger partial charge < -0.3 is 19.1 Å². The topological polar surface area (TPSA) is 60.9 Å². The summed E-state index contributed by atoms with van der Waals surface area (Å²) in [5.74, 6) is 0.605. The van der Waals surface area contributed by atoms with Gasteiger partial charge in [0.05, 0.1) is 32.7 Å². The van der Waals surface area contributed by atoms with Crippen molar-refractivity contribution < 1.29 is 23.4 Å². The minimum atomic E-state index is -0.459. The van der Waals surface area contributed by atoms with Gasteiger partial charge in [0.15, 0.2) is 5.82 Å². The number of carbonyl (C=O) groups is 1. The van der Waals surface area contributed by atoms with Crippen LogP contribution in [0.4, 0.5) is 4.39 Å². The van der Waals surface area contributed by atoms with Gasteiger partial charge in [-0.25, -0.2) is 9.37 Å². The lowest BCUT2D eigenvalue weighted by molar-refractivity contribution is -0.193. The SMILES string of the molecule is O=C(Cc1ccc2c(c1)CCCO2)N1CC2(CC(Oc3ncccc3F)CCO2)C1. The first kappa shape index (κ1) is 19.3. The van der Waals surface area contributed by atoms with Crippen molar-refractivity contribution in [3.05, 3.63) is 53.5 Å². The zero-order valence-electron chi connectivity index (χ0n) is 16.8. The van der Waals surface area contributed by atoms with Gasteiger partial charge in [-0.2, -0.15) is 0 Å². The fraction of sp³-hybridized carbons (Fsp3) is 0.478. The van der Waals surface area contributed by atoms with E-state index in [1.54, 1.807) is 6.07 Å². The molecule has 7 heteroatoms. The maximum Gasteiger partial charge on any atom is 0.250 e. The molecular formula is C23H25FN2O4. The first-order valence-electron chi connectivity index (χ1n) is 10.5. The second-order valence-electron chi connectivity index (χ2n) is 8.38. The third-order valence-electron chi connectivity index (χ3n) is 6.09. The average Bonchev–Trinajstić information content (AvgIpc) is 2.74. The van der Waals surface area contributed by atoms with Crippen molar-refractivity contribution >= 4 is 5.91 Å². The smallest absolute Gasteiger partial charge is 0.250 e. The molecule has 1 unspecified atom stereocenters. The normalized spacial score (nSPS) is 22.0. The summed E-state index contributed by atoms with van der Waals surface area (Å²) in [4.78, 5) is 18.6. The molecule has 4 heterocycles. The van der Waals surface area contributed by atoms with Crippen LogP contribution in [0.3, 0.4) is 0 Å². The molecule has 2 aromatic rings. The molecule has 3 aliphatic heterocycles. The monoisotopic (exact) mass is 412 g/mol. The third-order valence-corrected chi connectivity index (χ3v) is 6.09. The number of amides is 1. The van der Waals surface area contributed by atoms with E-state index in [9.17, 15) is 9.18 Å². The molecule has 0 N–H and O–H groups in total. The van der Waals surface area contributed by atoms with Gasteiger partial charge >= 0.3 is 0 Å². The lowest BCUT2D eigenvalue weighted by Gasteiger charge is -2.52. The first-order valence-corrected chi connectivity index (χ1v) is 10.5. The fourth-order valence-corrected chi connectivity index (χ4v) is 4.56. The molecule has 1 aromatic heterocycles. The molecule has 158 valence electrons. The second-order valence-corrected chi connectivity index (χ2v) is 8.38. The van der Waals surface area contributed by atoms with E-state index in [4.69, 9.17) is 14.2 Å². The number of hydrogen-bond acceptors (Lipinski definition) is 5. The number of aromatic nitrogens is 1. The molecular weight excluding hydrogens is 387 g/mol. The number of pyridine rings is 1. The number of benzene rings is 1. The van der Waals surface area contributed by atoms with Gasteiger partial charge in [-0.3, -0.25) is 4.79 Å². The maximum absolute atomic E-state index is 13.8. The van der Waals surface area contributed by atoms with Gasteiger partial charge in [-0.15, -0.1) is 0 Å². The van der Waals surface area contributed by atoms with Gasteiger partial charge in [-0.05, 0) is 42.2 Å². The minimum absolute atomic E-state index is 0.0307. The quantitative estimate of drug-likeness (QED) is 0.773. The van der Waals surface area contributed by atoms with E-state index in [0.717, 1.165) is 30.8 Å². The predicted molar refractivity (Wildman–Crippen MR) is 107 cm³/mol. The van der Waals surface area contributed by atoms with Crippen LogP contribution >= 0.6 is 0 Å². The third kappa shape index (κ3) is 3.86. The fourth-order valence-electron chi connectivity index (χ4n) is 4.56. The first-order chi connectivity index (χ1) is 14.6. The molecule has 5 rings (SSSR count). The molecule has 30 heavy (non-hydrogen) atoms. The highest BCUT2D eigenvalue weighted by atomic mass is 19.1. The van der Waals surface area contributed by atoms with Crippen LogP contribution in [-0.2, 0) is 22.4 Å². The standard InChI is InChI=1S/C23H25FN2O4/c24-19-4-1-8-25-22(19)30-18-7-10-29-23(13-18)14-26(15-23)21(27)12-16-5-6-20-17(11-16)3-2-9-28-20/h1,4-6,8,11,18H,2-3,7,9-10,12-15H2. The van der Waals surface area contributed by atoms with Crippen LogP contribution < -0.4 is 9.47 Å². The Balaban J connectivity index is 1.17. The molecule has 0 saturated carbocycles.